The molecule has 4 aromatic rings. The van der Waals surface area contributed by atoms with E-state index in [0.717, 1.165) is 31.2 Å². The van der Waals surface area contributed by atoms with Crippen LogP contribution in [0, 0.1) is 0 Å². The first-order chi connectivity index (χ1) is 12.2. The SMILES string of the molecule is COc1ccc2nc(NC(=O)CSc3ncnc4ccsc34)sc2c1. The summed E-state index contributed by atoms with van der Waals surface area (Å²) in [6, 6.07) is 7.58. The predicted molar refractivity (Wildman–Crippen MR) is 103 cm³/mol. The van der Waals surface area contributed by atoms with Gasteiger partial charge in [0.05, 0.1) is 33.3 Å². The van der Waals surface area contributed by atoms with E-state index in [-0.39, 0.29) is 11.7 Å². The fraction of sp³-hybridized carbons (Fsp3) is 0.125. The van der Waals surface area contributed by atoms with Crippen molar-refractivity contribution >= 4 is 65.9 Å². The molecular formula is C16H12N4O2S3. The summed E-state index contributed by atoms with van der Waals surface area (Å²) in [7, 11) is 1.62. The number of fused-ring (bicyclic) bond motifs is 2. The summed E-state index contributed by atoms with van der Waals surface area (Å²) in [6.07, 6.45) is 1.52. The Hall–Kier alpha value is -2.23. The monoisotopic (exact) mass is 388 g/mol. The second-order valence-electron chi connectivity index (χ2n) is 5.00. The van der Waals surface area contributed by atoms with Gasteiger partial charge in [-0.25, -0.2) is 15.0 Å². The molecule has 0 spiro atoms. The fourth-order valence-corrected chi connectivity index (χ4v) is 4.90. The molecular weight excluding hydrogens is 376 g/mol. The first-order valence-electron chi connectivity index (χ1n) is 7.28. The van der Waals surface area contributed by atoms with E-state index in [1.807, 2.05) is 29.6 Å². The number of methoxy groups -OCH3 is 1. The van der Waals surface area contributed by atoms with Crippen LogP contribution in [-0.4, -0.2) is 33.7 Å². The van der Waals surface area contributed by atoms with Crippen molar-refractivity contribution in [2.45, 2.75) is 5.03 Å². The van der Waals surface area contributed by atoms with Crippen LogP contribution in [-0.2, 0) is 4.79 Å². The molecule has 9 heteroatoms. The Bertz CT molecular complexity index is 1060. The zero-order valence-electron chi connectivity index (χ0n) is 13.1. The molecule has 0 fully saturated rings. The second-order valence-corrected chi connectivity index (χ2v) is 7.91. The van der Waals surface area contributed by atoms with E-state index in [9.17, 15) is 4.79 Å². The van der Waals surface area contributed by atoms with Crippen LogP contribution in [0.25, 0.3) is 20.4 Å². The van der Waals surface area contributed by atoms with E-state index in [4.69, 9.17) is 4.74 Å². The third kappa shape index (κ3) is 3.44. The zero-order chi connectivity index (χ0) is 17.2. The highest BCUT2D eigenvalue weighted by Crippen LogP contribution is 2.30. The predicted octanol–water partition coefficient (Wildman–Crippen LogP) is 4.04. The number of carbonyl (C=O) groups excluding carboxylic acids is 1. The number of carbonyl (C=O) groups is 1. The lowest BCUT2D eigenvalue weighted by Gasteiger charge is -2.02. The molecule has 0 unspecified atom stereocenters. The molecule has 4 rings (SSSR count). The molecule has 0 saturated carbocycles. The van der Waals surface area contributed by atoms with Gasteiger partial charge >= 0.3 is 0 Å². The first kappa shape index (κ1) is 16.2. The third-order valence-electron chi connectivity index (χ3n) is 3.39. The van der Waals surface area contributed by atoms with Crippen LogP contribution >= 0.6 is 34.4 Å². The minimum absolute atomic E-state index is 0.112. The van der Waals surface area contributed by atoms with Crippen LogP contribution in [0.2, 0.25) is 0 Å². The minimum atomic E-state index is -0.112. The Morgan fingerprint density at radius 1 is 1.28 bits per heavy atom. The Morgan fingerprint density at radius 3 is 3.08 bits per heavy atom. The fourth-order valence-electron chi connectivity index (χ4n) is 2.24. The van der Waals surface area contributed by atoms with Gasteiger partial charge in [0.15, 0.2) is 5.13 Å². The van der Waals surface area contributed by atoms with Crippen molar-refractivity contribution in [3.63, 3.8) is 0 Å². The molecule has 126 valence electrons. The van der Waals surface area contributed by atoms with Crippen LogP contribution < -0.4 is 10.1 Å². The molecule has 1 amide bonds. The van der Waals surface area contributed by atoms with Crippen LogP contribution in [0.1, 0.15) is 0 Å². The highest BCUT2D eigenvalue weighted by Gasteiger charge is 2.11. The Balaban J connectivity index is 1.44. The second kappa shape index (κ2) is 6.95. The smallest absolute Gasteiger partial charge is 0.236 e. The van der Waals surface area contributed by atoms with Crippen molar-refractivity contribution in [1.29, 1.82) is 0 Å². The number of rotatable bonds is 5. The van der Waals surface area contributed by atoms with Gasteiger partial charge in [0.1, 0.15) is 17.1 Å². The zero-order valence-corrected chi connectivity index (χ0v) is 15.5. The molecule has 6 nitrogen and oxygen atoms in total. The lowest BCUT2D eigenvalue weighted by atomic mass is 10.3. The van der Waals surface area contributed by atoms with E-state index in [2.05, 4.69) is 20.3 Å². The molecule has 0 radical (unpaired) electrons. The van der Waals surface area contributed by atoms with Gasteiger partial charge in [0.25, 0.3) is 0 Å². The number of hydrogen-bond donors (Lipinski definition) is 1. The average molecular weight is 388 g/mol. The van der Waals surface area contributed by atoms with Gasteiger partial charge in [-0.15, -0.1) is 11.3 Å². The number of nitrogens with zero attached hydrogens (tertiary/aromatic N) is 3. The minimum Gasteiger partial charge on any atom is -0.497 e. The molecule has 0 saturated heterocycles. The summed E-state index contributed by atoms with van der Waals surface area (Å²) in [6.45, 7) is 0. The lowest BCUT2D eigenvalue weighted by molar-refractivity contribution is -0.113. The molecule has 0 aliphatic heterocycles. The van der Waals surface area contributed by atoms with Gasteiger partial charge in [0, 0.05) is 0 Å². The van der Waals surface area contributed by atoms with Gasteiger partial charge < -0.3 is 10.1 Å². The Kier molecular flexibility index (Phi) is 4.51. The molecule has 0 atom stereocenters. The van der Waals surface area contributed by atoms with E-state index < -0.39 is 0 Å². The molecule has 0 bridgehead atoms. The number of thioether (sulfide) groups is 1. The van der Waals surface area contributed by atoms with Crippen molar-refractivity contribution < 1.29 is 9.53 Å². The molecule has 0 aliphatic rings. The molecule has 0 aliphatic carbocycles. The highest BCUT2D eigenvalue weighted by atomic mass is 32.2. The number of thiophene rings is 1. The van der Waals surface area contributed by atoms with Gasteiger partial charge in [-0.1, -0.05) is 23.1 Å². The third-order valence-corrected chi connectivity index (χ3v) is 6.36. The van der Waals surface area contributed by atoms with Crippen molar-refractivity contribution in [3.05, 3.63) is 36.0 Å². The number of benzene rings is 1. The maximum atomic E-state index is 12.2. The summed E-state index contributed by atoms with van der Waals surface area (Å²) in [5, 5.41) is 6.22. The van der Waals surface area contributed by atoms with Crippen molar-refractivity contribution in [3.8, 4) is 5.75 Å². The topological polar surface area (TPSA) is 77.0 Å². The van der Waals surface area contributed by atoms with Crippen molar-refractivity contribution in [2.24, 2.45) is 0 Å². The Morgan fingerprint density at radius 2 is 2.20 bits per heavy atom. The number of anilines is 1. The number of amides is 1. The summed E-state index contributed by atoms with van der Waals surface area (Å²) >= 11 is 4.40. The highest BCUT2D eigenvalue weighted by molar-refractivity contribution is 8.00. The summed E-state index contributed by atoms with van der Waals surface area (Å²) < 4.78 is 7.18. The number of hydrogen-bond acceptors (Lipinski definition) is 8. The van der Waals surface area contributed by atoms with Gasteiger partial charge in [-0.05, 0) is 29.6 Å². The number of ether oxygens (including phenoxy) is 1. The van der Waals surface area contributed by atoms with Gasteiger partial charge in [0.2, 0.25) is 5.91 Å². The summed E-state index contributed by atoms with van der Waals surface area (Å²) in [4.78, 5) is 25.1. The maximum absolute atomic E-state index is 12.2. The van der Waals surface area contributed by atoms with E-state index in [1.54, 1.807) is 18.4 Å². The standard InChI is InChI=1S/C16H12N4O2S3/c1-22-9-2-3-10-12(6-9)25-16(19-10)20-13(21)7-24-15-14-11(4-5-23-14)17-8-18-15/h2-6,8H,7H2,1H3,(H,19,20,21). The van der Waals surface area contributed by atoms with Crippen molar-refractivity contribution in [2.75, 3.05) is 18.2 Å². The van der Waals surface area contributed by atoms with E-state index in [0.29, 0.717) is 5.13 Å². The summed E-state index contributed by atoms with van der Waals surface area (Å²) in [5.74, 6) is 0.927. The van der Waals surface area contributed by atoms with Crippen LogP contribution in [0.4, 0.5) is 5.13 Å². The molecule has 1 aromatic carbocycles. The average Bonchev–Trinajstić information content (AvgIpc) is 3.25. The molecule has 1 N–H and O–H groups in total. The normalized spacial score (nSPS) is 11.1. The van der Waals surface area contributed by atoms with Crippen LogP contribution in [0.3, 0.4) is 0 Å². The number of thiazole rings is 1. The van der Waals surface area contributed by atoms with Crippen LogP contribution in [0.15, 0.2) is 41.0 Å². The van der Waals surface area contributed by atoms with Gasteiger partial charge in [-0.3, -0.25) is 4.79 Å². The van der Waals surface area contributed by atoms with E-state index >= 15 is 0 Å². The maximum Gasteiger partial charge on any atom is 0.236 e. The summed E-state index contributed by atoms with van der Waals surface area (Å²) in [5.41, 5.74) is 1.74. The van der Waals surface area contributed by atoms with Crippen molar-refractivity contribution in [1.82, 2.24) is 15.0 Å². The molecule has 25 heavy (non-hydrogen) atoms. The van der Waals surface area contributed by atoms with Gasteiger partial charge in [-0.2, -0.15) is 0 Å². The number of aromatic nitrogens is 3. The molecule has 3 aromatic heterocycles. The van der Waals surface area contributed by atoms with E-state index in [1.165, 1.54) is 29.4 Å². The number of nitrogens with one attached hydrogen (secondary N) is 1. The lowest BCUT2D eigenvalue weighted by Crippen LogP contribution is -2.13. The molecule has 3 heterocycles. The Labute approximate surface area is 155 Å². The quantitative estimate of drug-likeness (QED) is 0.411. The first-order valence-corrected chi connectivity index (χ1v) is 9.96. The van der Waals surface area contributed by atoms with Crippen LogP contribution in [0.5, 0.6) is 5.75 Å². The largest absolute Gasteiger partial charge is 0.497 e.